The van der Waals surface area contributed by atoms with Gasteiger partial charge >= 0.3 is 0 Å². The van der Waals surface area contributed by atoms with Gasteiger partial charge in [0.2, 0.25) is 0 Å². The Balaban J connectivity index is 1.83. The molecule has 0 saturated heterocycles. The van der Waals surface area contributed by atoms with E-state index in [1.807, 2.05) is 12.3 Å². The summed E-state index contributed by atoms with van der Waals surface area (Å²) >= 11 is 1.75. The van der Waals surface area contributed by atoms with Crippen LogP contribution in [0.15, 0.2) is 53.2 Å². The van der Waals surface area contributed by atoms with E-state index < -0.39 is 0 Å². The molecule has 124 valence electrons. The van der Waals surface area contributed by atoms with E-state index in [-0.39, 0.29) is 5.92 Å². The summed E-state index contributed by atoms with van der Waals surface area (Å²) in [4.78, 5) is 18.6. The highest BCUT2D eigenvalue weighted by Crippen LogP contribution is 2.49. The molecule has 0 amide bonds. The molecule has 0 fully saturated rings. The molecule has 2 aromatic heterocycles. The molecule has 0 saturated carbocycles. The van der Waals surface area contributed by atoms with Crippen molar-refractivity contribution < 1.29 is 4.79 Å². The van der Waals surface area contributed by atoms with Crippen LogP contribution in [0.4, 0.5) is 5.69 Å². The van der Waals surface area contributed by atoms with Gasteiger partial charge in [0.05, 0.1) is 17.1 Å². The van der Waals surface area contributed by atoms with Gasteiger partial charge in [-0.2, -0.15) is 0 Å². The van der Waals surface area contributed by atoms with Crippen LogP contribution in [0, 0.1) is 6.92 Å². The van der Waals surface area contributed by atoms with Gasteiger partial charge in [0.15, 0.2) is 5.78 Å². The van der Waals surface area contributed by atoms with Crippen molar-refractivity contribution in [3.05, 3.63) is 69.2 Å². The SMILES string of the molecule is Cc1ccsc1C1C2=C(CCCC2=O)Nc2c1ccc1ncccc21. The first-order valence-corrected chi connectivity index (χ1v) is 9.57. The maximum absolute atomic E-state index is 12.8. The standard InChI is InChI=1S/C21H18N2OS/c1-12-9-11-25-21(12)18-14-7-8-15-13(4-3-10-22-15)20(14)23-16-5-2-6-17(24)19(16)18/h3-4,7-11,18,23H,2,5-6H2,1H3. The molecule has 1 aliphatic heterocycles. The lowest BCUT2D eigenvalue weighted by atomic mass is 9.77. The van der Waals surface area contributed by atoms with Gasteiger partial charge in [-0.25, -0.2) is 0 Å². The zero-order valence-electron chi connectivity index (χ0n) is 14.0. The molecule has 5 rings (SSSR count). The number of thiophene rings is 1. The number of hydrogen-bond donors (Lipinski definition) is 1. The molecule has 3 aromatic rings. The highest BCUT2D eigenvalue weighted by Gasteiger charge is 2.36. The van der Waals surface area contributed by atoms with Gasteiger partial charge in [-0.15, -0.1) is 11.3 Å². The fourth-order valence-corrected chi connectivity index (χ4v) is 5.19. The van der Waals surface area contributed by atoms with Crippen LogP contribution >= 0.6 is 11.3 Å². The van der Waals surface area contributed by atoms with Crippen molar-refractivity contribution in [2.75, 3.05) is 5.32 Å². The van der Waals surface area contributed by atoms with E-state index in [0.29, 0.717) is 12.2 Å². The largest absolute Gasteiger partial charge is 0.358 e. The van der Waals surface area contributed by atoms with E-state index >= 15 is 0 Å². The van der Waals surface area contributed by atoms with Crippen molar-refractivity contribution in [1.82, 2.24) is 4.98 Å². The summed E-state index contributed by atoms with van der Waals surface area (Å²) in [6.45, 7) is 2.14. The van der Waals surface area contributed by atoms with Gasteiger partial charge in [0.1, 0.15) is 0 Å². The fourth-order valence-electron chi connectivity index (χ4n) is 4.14. The lowest BCUT2D eigenvalue weighted by Crippen LogP contribution is -2.26. The molecule has 3 nitrogen and oxygen atoms in total. The van der Waals surface area contributed by atoms with Gasteiger partial charge in [0, 0.05) is 34.2 Å². The van der Waals surface area contributed by atoms with Crippen LogP contribution in [0.2, 0.25) is 0 Å². The summed E-state index contributed by atoms with van der Waals surface area (Å²) in [6, 6.07) is 10.5. The molecule has 0 bridgehead atoms. The van der Waals surface area contributed by atoms with Crippen molar-refractivity contribution in [1.29, 1.82) is 0 Å². The third-order valence-electron chi connectivity index (χ3n) is 5.31. The van der Waals surface area contributed by atoms with Crippen molar-refractivity contribution in [2.45, 2.75) is 32.1 Å². The number of nitrogens with zero attached hydrogens (tertiary/aromatic N) is 1. The number of nitrogens with one attached hydrogen (secondary N) is 1. The topological polar surface area (TPSA) is 42.0 Å². The average molecular weight is 346 g/mol. The van der Waals surface area contributed by atoms with E-state index in [4.69, 9.17) is 0 Å². The number of anilines is 1. The Morgan fingerprint density at radius 3 is 2.96 bits per heavy atom. The maximum Gasteiger partial charge on any atom is 0.161 e. The Morgan fingerprint density at radius 2 is 2.12 bits per heavy atom. The quantitative estimate of drug-likeness (QED) is 0.661. The van der Waals surface area contributed by atoms with E-state index in [1.54, 1.807) is 11.3 Å². The van der Waals surface area contributed by atoms with Crippen LogP contribution in [0.1, 0.15) is 41.2 Å². The van der Waals surface area contributed by atoms with Crippen LogP contribution in [0.25, 0.3) is 10.9 Å². The summed E-state index contributed by atoms with van der Waals surface area (Å²) in [7, 11) is 0. The monoisotopic (exact) mass is 346 g/mol. The van der Waals surface area contributed by atoms with Crippen LogP contribution in [0.3, 0.4) is 0 Å². The predicted octanol–water partition coefficient (Wildman–Crippen LogP) is 5.17. The second-order valence-corrected chi connectivity index (χ2v) is 7.74. The minimum absolute atomic E-state index is 0.0451. The summed E-state index contributed by atoms with van der Waals surface area (Å²) < 4.78 is 0. The highest BCUT2D eigenvalue weighted by molar-refractivity contribution is 7.10. The second kappa shape index (κ2) is 5.53. The zero-order chi connectivity index (χ0) is 17.0. The molecule has 4 heteroatoms. The Morgan fingerprint density at radius 1 is 1.20 bits per heavy atom. The van der Waals surface area contributed by atoms with E-state index in [0.717, 1.165) is 40.7 Å². The molecule has 2 aliphatic rings. The Labute approximate surface area is 150 Å². The zero-order valence-corrected chi connectivity index (χ0v) is 14.8. The first kappa shape index (κ1) is 14.8. The first-order valence-electron chi connectivity index (χ1n) is 8.69. The van der Waals surface area contributed by atoms with Crippen molar-refractivity contribution in [2.24, 2.45) is 0 Å². The molecule has 3 heterocycles. The third kappa shape index (κ3) is 2.17. The number of carbonyl (C=O) groups is 1. The van der Waals surface area contributed by atoms with Gasteiger partial charge < -0.3 is 5.32 Å². The second-order valence-electron chi connectivity index (χ2n) is 6.79. The number of fused-ring (bicyclic) bond motifs is 3. The molecule has 0 spiro atoms. The van der Waals surface area contributed by atoms with Crippen molar-refractivity contribution >= 4 is 33.7 Å². The van der Waals surface area contributed by atoms with E-state index in [2.05, 4.69) is 46.9 Å². The Bertz CT molecular complexity index is 1050. The molecule has 25 heavy (non-hydrogen) atoms. The average Bonchev–Trinajstić information content (AvgIpc) is 3.06. The number of benzene rings is 1. The number of pyridine rings is 1. The van der Waals surface area contributed by atoms with Gasteiger partial charge in [-0.1, -0.05) is 6.07 Å². The number of ketones is 1. The molecule has 1 aliphatic carbocycles. The molecule has 1 aromatic carbocycles. The van der Waals surface area contributed by atoms with E-state index in [9.17, 15) is 4.79 Å². The van der Waals surface area contributed by atoms with E-state index in [1.165, 1.54) is 16.0 Å². The lowest BCUT2D eigenvalue weighted by molar-refractivity contribution is -0.116. The summed E-state index contributed by atoms with van der Waals surface area (Å²) in [6.07, 6.45) is 4.36. The smallest absolute Gasteiger partial charge is 0.161 e. The molecular formula is C21H18N2OS. The Hall–Kier alpha value is -2.46. The number of Topliss-reactive ketones (excluding diaryl/α,β-unsaturated/α-hetero) is 1. The Kier molecular flexibility index (Phi) is 3.28. The van der Waals surface area contributed by atoms with Gasteiger partial charge in [0.25, 0.3) is 0 Å². The third-order valence-corrected chi connectivity index (χ3v) is 6.40. The minimum atomic E-state index is 0.0451. The number of aryl methyl sites for hydroxylation is 1. The van der Waals surface area contributed by atoms with Crippen molar-refractivity contribution in [3.8, 4) is 0 Å². The number of allylic oxidation sites excluding steroid dienone is 2. The predicted molar refractivity (Wildman–Crippen MR) is 102 cm³/mol. The molecular weight excluding hydrogens is 328 g/mol. The molecule has 1 N–H and O–H groups in total. The number of aromatic nitrogens is 1. The van der Waals surface area contributed by atoms with Crippen LogP contribution in [-0.4, -0.2) is 10.8 Å². The first-order chi connectivity index (χ1) is 12.2. The van der Waals surface area contributed by atoms with Gasteiger partial charge in [-0.05, 0) is 60.5 Å². The highest BCUT2D eigenvalue weighted by atomic mass is 32.1. The molecule has 1 atom stereocenters. The van der Waals surface area contributed by atoms with Crippen LogP contribution in [0.5, 0.6) is 0 Å². The van der Waals surface area contributed by atoms with Crippen LogP contribution < -0.4 is 5.32 Å². The fraction of sp³-hybridized carbons (Fsp3) is 0.238. The van der Waals surface area contributed by atoms with Gasteiger partial charge in [-0.3, -0.25) is 9.78 Å². The number of hydrogen-bond acceptors (Lipinski definition) is 4. The normalized spacial score (nSPS) is 19.6. The molecule has 0 radical (unpaired) electrons. The van der Waals surface area contributed by atoms with Crippen LogP contribution in [-0.2, 0) is 4.79 Å². The number of rotatable bonds is 1. The maximum atomic E-state index is 12.8. The summed E-state index contributed by atoms with van der Waals surface area (Å²) in [5, 5.41) is 6.86. The van der Waals surface area contributed by atoms with Crippen molar-refractivity contribution in [3.63, 3.8) is 0 Å². The lowest BCUT2D eigenvalue weighted by Gasteiger charge is -2.34. The minimum Gasteiger partial charge on any atom is -0.358 e. The molecule has 1 unspecified atom stereocenters. The number of carbonyl (C=O) groups excluding carboxylic acids is 1. The summed E-state index contributed by atoms with van der Waals surface area (Å²) in [5.41, 5.74) is 6.66. The summed E-state index contributed by atoms with van der Waals surface area (Å²) in [5.74, 6) is 0.340.